The van der Waals surface area contributed by atoms with Crippen LogP contribution in [-0.2, 0) is 4.74 Å². The van der Waals surface area contributed by atoms with Gasteiger partial charge in [0, 0.05) is 11.3 Å². The van der Waals surface area contributed by atoms with Crippen molar-refractivity contribution in [3.63, 3.8) is 0 Å². The number of carbonyl (C=O) groups excluding carboxylic acids is 1. The van der Waals surface area contributed by atoms with Crippen molar-refractivity contribution in [2.75, 3.05) is 6.61 Å². The average Bonchev–Trinajstić information content (AvgIpc) is 2.94. The maximum absolute atomic E-state index is 13.3. The molecule has 2 aromatic carbocycles. The van der Waals surface area contributed by atoms with Gasteiger partial charge in [-0.3, -0.25) is 0 Å². The molecule has 0 radical (unpaired) electrons. The van der Waals surface area contributed by atoms with E-state index in [1.165, 1.54) is 12.1 Å². The first kappa shape index (κ1) is 16.0. The summed E-state index contributed by atoms with van der Waals surface area (Å²) in [5.41, 5.74) is 4.45. The molecule has 0 aliphatic rings. The number of hydrogen-bond donors (Lipinski definition) is 1. The smallest absolute Gasteiger partial charge is 0.340 e. The minimum Gasteiger partial charge on any atom is -0.462 e. The summed E-state index contributed by atoms with van der Waals surface area (Å²) in [5.74, 6) is -0.701. The van der Waals surface area contributed by atoms with E-state index < -0.39 is 0 Å². The Balaban J connectivity index is 2.23. The lowest BCUT2D eigenvalue weighted by Crippen LogP contribution is -2.06. The highest BCUT2D eigenvalue weighted by atomic mass is 19.1. The van der Waals surface area contributed by atoms with Crippen molar-refractivity contribution in [3.05, 3.63) is 71.7 Å². The van der Waals surface area contributed by atoms with Gasteiger partial charge in [-0.15, -0.1) is 0 Å². The van der Waals surface area contributed by atoms with Crippen molar-refractivity contribution in [2.24, 2.45) is 0 Å². The minimum absolute atomic E-state index is 0.292. The van der Waals surface area contributed by atoms with Gasteiger partial charge in [0.05, 0.1) is 17.9 Å². The normalized spacial score (nSPS) is 10.6. The number of aromatic nitrogens is 1. The number of hydrogen-bond acceptors (Lipinski definition) is 2. The molecule has 4 heteroatoms. The van der Waals surface area contributed by atoms with E-state index in [-0.39, 0.29) is 11.8 Å². The second-order valence-corrected chi connectivity index (χ2v) is 5.47. The number of aryl methyl sites for hydroxylation is 1. The largest absolute Gasteiger partial charge is 0.462 e. The summed E-state index contributed by atoms with van der Waals surface area (Å²) < 4.78 is 18.5. The molecule has 0 bridgehead atoms. The van der Waals surface area contributed by atoms with E-state index in [1.54, 1.807) is 19.1 Å². The number of esters is 1. The van der Waals surface area contributed by atoms with Gasteiger partial charge in [0.1, 0.15) is 5.82 Å². The van der Waals surface area contributed by atoms with Gasteiger partial charge >= 0.3 is 5.97 Å². The highest BCUT2D eigenvalue weighted by Gasteiger charge is 2.24. The molecule has 1 aromatic heterocycles. The van der Waals surface area contributed by atoms with Crippen LogP contribution in [0, 0.1) is 12.7 Å². The van der Waals surface area contributed by atoms with Crippen molar-refractivity contribution in [1.82, 2.24) is 4.98 Å². The Kier molecular flexibility index (Phi) is 4.47. The number of H-pyrrole nitrogens is 1. The van der Waals surface area contributed by atoms with Crippen LogP contribution < -0.4 is 0 Å². The standard InChI is InChI=1S/C20H18FNO2/c1-3-24-20(23)18-17(14-9-11-16(21)12-10-14)13(2)22-19(18)15-7-5-4-6-8-15/h4-12,22H,3H2,1-2H3. The van der Waals surface area contributed by atoms with Gasteiger partial charge in [0.25, 0.3) is 0 Å². The van der Waals surface area contributed by atoms with Gasteiger partial charge in [0.2, 0.25) is 0 Å². The second-order valence-electron chi connectivity index (χ2n) is 5.47. The Hall–Kier alpha value is -2.88. The van der Waals surface area contributed by atoms with Gasteiger partial charge in [0.15, 0.2) is 0 Å². The molecule has 0 atom stereocenters. The third-order valence-electron chi connectivity index (χ3n) is 3.86. The van der Waals surface area contributed by atoms with E-state index in [4.69, 9.17) is 4.74 Å². The highest BCUT2D eigenvalue weighted by Crippen LogP contribution is 2.35. The van der Waals surface area contributed by atoms with Crippen LogP contribution in [0.1, 0.15) is 23.0 Å². The number of benzene rings is 2. The van der Waals surface area contributed by atoms with Crippen LogP contribution in [0.2, 0.25) is 0 Å². The number of rotatable bonds is 4. The Bertz CT molecular complexity index is 851. The fourth-order valence-electron chi connectivity index (χ4n) is 2.83. The van der Waals surface area contributed by atoms with Crippen LogP contribution in [0.3, 0.4) is 0 Å². The molecule has 0 fully saturated rings. The first-order valence-corrected chi connectivity index (χ1v) is 7.83. The summed E-state index contributed by atoms with van der Waals surface area (Å²) in [6.45, 7) is 3.96. The molecule has 24 heavy (non-hydrogen) atoms. The molecule has 0 unspecified atom stereocenters. The van der Waals surface area contributed by atoms with Crippen LogP contribution in [0.25, 0.3) is 22.4 Å². The van der Waals surface area contributed by atoms with Crippen LogP contribution in [0.15, 0.2) is 54.6 Å². The summed E-state index contributed by atoms with van der Waals surface area (Å²) in [4.78, 5) is 15.9. The van der Waals surface area contributed by atoms with Gasteiger partial charge in [-0.25, -0.2) is 9.18 Å². The van der Waals surface area contributed by atoms with Gasteiger partial charge < -0.3 is 9.72 Å². The lowest BCUT2D eigenvalue weighted by Gasteiger charge is -2.08. The molecule has 1 heterocycles. The maximum Gasteiger partial charge on any atom is 0.340 e. The van der Waals surface area contributed by atoms with Crippen molar-refractivity contribution >= 4 is 5.97 Å². The monoisotopic (exact) mass is 323 g/mol. The van der Waals surface area contributed by atoms with E-state index in [9.17, 15) is 9.18 Å². The Labute approximate surface area is 140 Å². The minimum atomic E-state index is -0.389. The van der Waals surface area contributed by atoms with E-state index in [2.05, 4.69) is 4.98 Å². The van der Waals surface area contributed by atoms with Crippen LogP contribution in [-0.4, -0.2) is 17.6 Å². The van der Waals surface area contributed by atoms with E-state index in [1.807, 2.05) is 37.3 Å². The van der Waals surface area contributed by atoms with Crippen LogP contribution >= 0.6 is 0 Å². The third-order valence-corrected chi connectivity index (χ3v) is 3.86. The molecule has 0 aliphatic heterocycles. The van der Waals surface area contributed by atoms with Crippen molar-refractivity contribution < 1.29 is 13.9 Å². The van der Waals surface area contributed by atoms with E-state index >= 15 is 0 Å². The lowest BCUT2D eigenvalue weighted by atomic mass is 9.98. The molecular formula is C20H18FNO2. The first-order chi connectivity index (χ1) is 11.6. The highest BCUT2D eigenvalue weighted by molar-refractivity contribution is 6.04. The molecule has 3 nitrogen and oxygen atoms in total. The lowest BCUT2D eigenvalue weighted by molar-refractivity contribution is 0.0528. The Morgan fingerprint density at radius 2 is 1.71 bits per heavy atom. The Morgan fingerprint density at radius 1 is 1.04 bits per heavy atom. The molecule has 0 amide bonds. The molecule has 122 valence electrons. The van der Waals surface area contributed by atoms with Gasteiger partial charge in [-0.05, 0) is 37.1 Å². The zero-order valence-corrected chi connectivity index (χ0v) is 13.6. The second kappa shape index (κ2) is 6.71. The number of ether oxygens (including phenoxy) is 1. The summed E-state index contributed by atoms with van der Waals surface area (Å²) in [6, 6.07) is 15.7. The predicted octanol–water partition coefficient (Wildman–Crippen LogP) is 4.97. The molecule has 3 aromatic rings. The molecule has 1 N–H and O–H groups in total. The third kappa shape index (κ3) is 2.95. The van der Waals surface area contributed by atoms with Crippen molar-refractivity contribution in [2.45, 2.75) is 13.8 Å². The van der Waals surface area contributed by atoms with Gasteiger partial charge in [-0.1, -0.05) is 42.5 Å². The number of nitrogens with one attached hydrogen (secondary N) is 1. The molecule has 3 rings (SSSR count). The van der Waals surface area contributed by atoms with Crippen LogP contribution in [0.5, 0.6) is 0 Å². The maximum atomic E-state index is 13.3. The topological polar surface area (TPSA) is 42.1 Å². The molecule has 0 saturated carbocycles. The molecular weight excluding hydrogens is 305 g/mol. The fraction of sp³-hybridized carbons (Fsp3) is 0.150. The van der Waals surface area contributed by atoms with Gasteiger partial charge in [-0.2, -0.15) is 0 Å². The zero-order valence-electron chi connectivity index (χ0n) is 13.6. The van der Waals surface area contributed by atoms with E-state index in [0.717, 1.165) is 22.4 Å². The average molecular weight is 323 g/mol. The fourth-order valence-corrected chi connectivity index (χ4v) is 2.83. The quantitative estimate of drug-likeness (QED) is 0.689. The number of aromatic amines is 1. The molecule has 0 spiro atoms. The zero-order chi connectivity index (χ0) is 17.1. The predicted molar refractivity (Wildman–Crippen MR) is 92.3 cm³/mol. The summed E-state index contributed by atoms with van der Waals surface area (Å²) in [6.07, 6.45) is 0. The molecule has 0 aliphatic carbocycles. The molecule has 0 saturated heterocycles. The summed E-state index contributed by atoms with van der Waals surface area (Å²) in [7, 11) is 0. The van der Waals surface area contributed by atoms with Crippen LogP contribution in [0.4, 0.5) is 4.39 Å². The number of halogens is 1. The summed E-state index contributed by atoms with van der Waals surface area (Å²) >= 11 is 0. The van der Waals surface area contributed by atoms with Crippen molar-refractivity contribution in [1.29, 1.82) is 0 Å². The SMILES string of the molecule is CCOC(=O)c1c(-c2ccccc2)[nH]c(C)c1-c1ccc(F)cc1. The van der Waals surface area contributed by atoms with E-state index in [0.29, 0.717) is 17.9 Å². The summed E-state index contributed by atoms with van der Waals surface area (Å²) in [5, 5.41) is 0. The van der Waals surface area contributed by atoms with Crippen molar-refractivity contribution in [3.8, 4) is 22.4 Å². The Morgan fingerprint density at radius 3 is 2.33 bits per heavy atom. The first-order valence-electron chi connectivity index (χ1n) is 7.83. The number of carbonyl (C=O) groups is 1.